The molecule has 4 aromatic carbocycles. The van der Waals surface area contributed by atoms with Crippen LogP contribution < -0.4 is 4.57 Å². The van der Waals surface area contributed by atoms with Gasteiger partial charge in [-0.05, 0) is 52.9 Å². The van der Waals surface area contributed by atoms with Gasteiger partial charge in [-0.25, -0.2) is 4.57 Å². The molecule has 0 aliphatic rings. The quantitative estimate of drug-likeness (QED) is 0.133. The van der Waals surface area contributed by atoms with Gasteiger partial charge in [0.15, 0.2) is 6.20 Å². The van der Waals surface area contributed by atoms with Crippen molar-refractivity contribution in [2.45, 2.75) is 13.1 Å². The topological polar surface area (TPSA) is 8.29 Å². The minimum absolute atomic E-state index is 0.623. The van der Waals surface area contributed by atoms with Gasteiger partial charge >= 0.3 is 6.18 Å². The van der Waals surface area contributed by atoms with Crippen LogP contribution in [-0.2, 0) is 13.2 Å². The lowest BCUT2D eigenvalue weighted by Gasteiger charge is -2.14. The maximum absolute atomic E-state index is 13.6. The summed E-state index contributed by atoms with van der Waals surface area (Å²) in [7, 11) is 2.03. The Hall–Kier alpha value is -3.86. The van der Waals surface area contributed by atoms with E-state index >= 15 is 0 Å². The number of alkyl halides is 3. The Morgan fingerprint density at radius 2 is 1.58 bits per heavy atom. The maximum atomic E-state index is 13.6. The smallest absolute Gasteiger partial charge is 0.307 e. The lowest BCUT2D eigenvalue weighted by Crippen LogP contribution is -2.28. The number of rotatable bonds is 0. The summed E-state index contributed by atoms with van der Waals surface area (Å²) in [6.07, 6.45) is -2.33. The largest absolute Gasteiger partial charge is 0.416 e. The molecule has 7 rings (SSSR count). The van der Waals surface area contributed by atoms with Crippen LogP contribution in [0.4, 0.5) is 13.2 Å². The monoisotopic (exact) mass is 439 g/mol. The van der Waals surface area contributed by atoms with E-state index in [1.54, 1.807) is 6.07 Å². The van der Waals surface area contributed by atoms with Gasteiger partial charge in [0.1, 0.15) is 7.05 Å². The molecule has 0 saturated carbocycles. The number of aryl methyl sites for hydroxylation is 2. The van der Waals surface area contributed by atoms with E-state index in [4.69, 9.17) is 0 Å². The molecule has 2 nitrogen and oxygen atoms in total. The lowest BCUT2D eigenvalue weighted by atomic mass is 9.96. The molecule has 0 aliphatic heterocycles. The van der Waals surface area contributed by atoms with Gasteiger partial charge in [0.25, 0.3) is 0 Å². The molecule has 7 aromatic rings. The van der Waals surface area contributed by atoms with E-state index in [9.17, 15) is 13.2 Å². The van der Waals surface area contributed by atoms with Crippen molar-refractivity contribution in [2.24, 2.45) is 7.05 Å². The molecule has 0 saturated heterocycles. The van der Waals surface area contributed by atoms with Gasteiger partial charge in [-0.2, -0.15) is 13.2 Å². The van der Waals surface area contributed by atoms with E-state index in [0.29, 0.717) is 5.39 Å². The highest BCUT2D eigenvalue weighted by Gasteiger charge is 2.32. The molecule has 5 heteroatoms. The number of aromatic nitrogens is 2. The van der Waals surface area contributed by atoms with Gasteiger partial charge in [0.05, 0.1) is 32.9 Å². The van der Waals surface area contributed by atoms with E-state index in [-0.39, 0.29) is 0 Å². The van der Waals surface area contributed by atoms with Gasteiger partial charge in [-0.15, -0.1) is 0 Å². The fourth-order valence-electron chi connectivity index (χ4n) is 5.67. The molecule has 160 valence electrons. The van der Waals surface area contributed by atoms with Crippen LogP contribution in [0.5, 0.6) is 0 Å². The van der Waals surface area contributed by atoms with E-state index in [2.05, 4.69) is 46.4 Å². The predicted octanol–water partition coefficient (Wildman–Crippen LogP) is 7.29. The van der Waals surface area contributed by atoms with E-state index in [1.807, 2.05) is 31.3 Å². The first kappa shape index (κ1) is 18.7. The van der Waals surface area contributed by atoms with Crippen molar-refractivity contribution in [3.05, 3.63) is 84.1 Å². The molecule has 0 bridgehead atoms. The first-order valence-electron chi connectivity index (χ1n) is 10.8. The number of hydrogen-bond acceptors (Lipinski definition) is 0. The lowest BCUT2D eigenvalue weighted by molar-refractivity contribution is -0.643. The standard InChI is InChI=1S/C28H18F3N2/c1-15-19-6-4-3-5-17(19)13-23-24(15)27-25-16(11-12-32(27)2)7-9-20-21-14-18(28(29,30)31)8-10-22(21)33(23)26(20)25/h3-14H,1-2H3/q+1. The molecule has 0 fully saturated rings. The molecule has 0 spiro atoms. The van der Waals surface area contributed by atoms with Crippen molar-refractivity contribution in [2.75, 3.05) is 0 Å². The second-order valence-electron chi connectivity index (χ2n) is 8.88. The highest BCUT2D eigenvalue weighted by molar-refractivity contribution is 6.28. The summed E-state index contributed by atoms with van der Waals surface area (Å²) in [5, 5.41) is 7.04. The zero-order chi connectivity index (χ0) is 22.6. The molecule has 0 amide bonds. The Bertz CT molecular complexity index is 1930. The number of halogens is 3. The van der Waals surface area contributed by atoms with Crippen LogP contribution in [0.15, 0.2) is 72.9 Å². The van der Waals surface area contributed by atoms with Gasteiger partial charge in [0, 0.05) is 16.8 Å². The van der Waals surface area contributed by atoms with Gasteiger partial charge in [-0.3, -0.25) is 0 Å². The SMILES string of the molecule is Cc1c2ccccc2cc2c1c1c3c(ccc4c5cc(C(F)(F)F)ccc5n2c43)cc[n+]1C. The summed E-state index contributed by atoms with van der Waals surface area (Å²) in [5.74, 6) is 0. The van der Waals surface area contributed by atoms with Crippen LogP contribution in [0.25, 0.3) is 59.8 Å². The maximum Gasteiger partial charge on any atom is 0.416 e. The molecule has 3 heterocycles. The second-order valence-corrected chi connectivity index (χ2v) is 8.88. The minimum atomic E-state index is -4.39. The Balaban J connectivity index is 1.87. The Kier molecular flexibility index (Phi) is 3.36. The van der Waals surface area contributed by atoms with Crippen molar-refractivity contribution >= 4 is 59.8 Å². The van der Waals surface area contributed by atoms with Gasteiger partial charge in [-0.1, -0.05) is 36.4 Å². The van der Waals surface area contributed by atoms with Crippen LogP contribution in [0.1, 0.15) is 11.1 Å². The fourth-order valence-corrected chi connectivity index (χ4v) is 5.67. The van der Waals surface area contributed by atoms with Crippen LogP contribution in [0.2, 0.25) is 0 Å². The molecule has 0 aliphatic carbocycles. The first-order chi connectivity index (χ1) is 15.8. The zero-order valence-corrected chi connectivity index (χ0v) is 18.0. The van der Waals surface area contributed by atoms with Crippen molar-refractivity contribution in [3.63, 3.8) is 0 Å². The average molecular weight is 439 g/mol. The zero-order valence-electron chi connectivity index (χ0n) is 18.0. The summed E-state index contributed by atoms with van der Waals surface area (Å²) < 4.78 is 45.0. The second kappa shape index (κ2) is 5.93. The summed E-state index contributed by atoms with van der Waals surface area (Å²) in [6.45, 7) is 2.14. The molecular weight excluding hydrogens is 421 g/mol. The molecule has 0 N–H and O–H groups in total. The van der Waals surface area contributed by atoms with Crippen LogP contribution in [0.3, 0.4) is 0 Å². The number of nitrogens with zero attached hydrogens (tertiary/aromatic N) is 2. The number of benzene rings is 4. The van der Waals surface area contributed by atoms with Crippen molar-refractivity contribution < 1.29 is 17.7 Å². The Labute approximate surface area is 186 Å². The highest BCUT2D eigenvalue weighted by Crippen LogP contribution is 2.43. The molecule has 0 atom stereocenters. The predicted molar refractivity (Wildman–Crippen MR) is 127 cm³/mol. The Morgan fingerprint density at radius 1 is 0.758 bits per heavy atom. The molecule has 0 radical (unpaired) electrons. The van der Waals surface area contributed by atoms with Crippen molar-refractivity contribution in [1.82, 2.24) is 4.40 Å². The fraction of sp³-hybridized carbons (Fsp3) is 0.107. The Morgan fingerprint density at radius 3 is 2.39 bits per heavy atom. The third-order valence-electron chi connectivity index (χ3n) is 7.12. The van der Waals surface area contributed by atoms with E-state index in [1.165, 1.54) is 23.1 Å². The van der Waals surface area contributed by atoms with Gasteiger partial charge in [0.2, 0.25) is 5.52 Å². The number of hydrogen-bond donors (Lipinski definition) is 0. The van der Waals surface area contributed by atoms with E-state index < -0.39 is 11.7 Å². The number of pyridine rings is 2. The third-order valence-corrected chi connectivity index (χ3v) is 7.12. The average Bonchev–Trinajstić information content (AvgIpc) is 3.13. The first-order valence-corrected chi connectivity index (χ1v) is 10.8. The van der Waals surface area contributed by atoms with E-state index in [0.717, 1.165) is 49.0 Å². The summed E-state index contributed by atoms with van der Waals surface area (Å²) >= 11 is 0. The van der Waals surface area contributed by atoms with Crippen LogP contribution >= 0.6 is 0 Å². The minimum Gasteiger partial charge on any atom is -0.307 e. The molecule has 3 aromatic heterocycles. The molecule has 33 heavy (non-hydrogen) atoms. The molecular formula is C28H18F3N2+. The normalized spacial score (nSPS) is 13.0. The van der Waals surface area contributed by atoms with Gasteiger partial charge < -0.3 is 4.40 Å². The summed E-state index contributed by atoms with van der Waals surface area (Å²) in [4.78, 5) is 0. The summed E-state index contributed by atoms with van der Waals surface area (Å²) in [5.41, 5.74) is 4.41. The van der Waals surface area contributed by atoms with Crippen LogP contribution in [0, 0.1) is 6.92 Å². The van der Waals surface area contributed by atoms with Crippen molar-refractivity contribution in [3.8, 4) is 0 Å². The van der Waals surface area contributed by atoms with Crippen LogP contribution in [-0.4, -0.2) is 4.40 Å². The molecule has 0 unspecified atom stereocenters. The third kappa shape index (κ3) is 2.26. The highest BCUT2D eigenvalue weighted by atomic mass is 19.4. The van der Waals surface area contributed by atoms with Crippen molar-refractivity contribution in [1.29, 1.82) is 0 Å². The number of fused-ring (bicyclic) bond motifs is 7. The summed E-state index contributed by atoms with van der Waals surface area (Å²) in [6, 6.07) is 20.6.